The Morgan fingerprint density at radius 1 is 1.58 bits per heavy atom. The molecule has 2 N–H and O–H groups in total. The minimum atomic E-state index is 0.316. The van der Waals surface area contributed by atoms with Crippen LogP contribution in [0.2, 0.25) is 0 Å². The fourth-order valence-corrected chi connectivity index (χ4v) is 1.01. The van der Waals surface area contributed by atoms with Gasteiger partial charge in [-0.25, -0.2) is 9.97 Å². The van der Waals surface area contributed by atoms with E-state index in [1.165, 1.54) is 0 Å². The Bertz CT molecular complexity index is 273. The SMILES string of the molecule is Nc1nccc(C=CCCBr)n1. The summed E-state index contributed by atoms with van der Waals surface area (Å²) in [6.45, 7) is 0. The first-order valence-electron chi connectivity index (χ1n) is 3.64. The summed E-state index contributed by atoms with van der Waals surface area (Å²) in [6.07, 6.45) is 6.61. The van der Waals surface area contributed by atoms with Crippen LogP contribution in [0.5, 0.6) is 0 Å². The molecular formula is C8H10BrN3. The third-order valence-corrected chi connectivity index (χ3v) is 1.72. The van der Waals surface area contributed by atoms with Crippen LogP contribution in [0.1, 0.15) is 12.1 Å². The van der Waals surface area contributed by atoms with Crippen molar-refractivity contribution in [3.8, 4) is 0 Å². The minimum Gasteiger partial charge on any atom is -0.368 e. The van der Waals surface area contributed by atoms with Gasteiger partial charge in [0.25, 0.3) is 0 Å². The van der Waals surface area contributed by atoms with Crippen LogP contribution in [0.25, 0.3) is 6.08 Å². The smallest absolute Gasteiger partial charge is 0.220 e. The van der Waals surface area contributed by atoms with Gasteiger partial charge in [0.15, 0.2) is 0 Å². The van der Waals surface area contributed by atoms with Crippen molar-refractivity contribution in [3.63, 3.8) is 0 Å². The molecule has 0 saturated heterocycles. The van der Waals surface area contributed by atoms with Gasteiger partial charge in [0.2, 0.25) is 5.95 Å². The van der Waals surface area contributed by atoms with Crippen LogP contribution in [0.4, 0.5) is 5.95 Å². The molecule has 0 aromatic carbocycles. The number of halogens is 1. The molecule has 64 valence electrons. The molecule has 0 unspecified atom stereocenters. The number of nitrogens with zero attached hydrogens (tertiary/aromatic N) is 2. The summed E-state index contributed by atoms with van der Waals surface area (Å²) in [5.74, 6) is 0.316. The van der Waals surface area contributed by atoms with Gasteiger partial charge in [0, 0.05) is 11.5 Å². The van der Waals surface area contributed by atoms with Crippen LogP contribution in [0, 0.1) is 0 Å². The van der Waals surface area contributed by atoms with E-state index in [9.17, 15) is 0 Å². The van der Waals surface area contributed by atoms with Crippen LogP contribution in [-0.4, -0.2) is 15.3 Å². The predicted molar refractivity (Wildman–Crippen MR) is 53.9 cm³/mol. The quantitative estimate of drug-likeness (QED) is 0.803. The zero-order chi connectivity index (χ0) is 8.81. The van der Waals surface area contributed by atoms with Gasteiger partial charge in [0.05, 0.1) is 5.69 Å². The molecule has 0 aliphatic rings. The zero-order valence-corrected chi connectivity index (χ0v) is 8.16. The van der Waals surface area contributed by atoms with E-state index in [1.807, 2.05) is 18.2 Å². The molecule has 1 aromatic rings. The fourth-order valence-electron chi connectivity index (χ4n) is 0.748. The van der Waals surface area contributed by atoms with Crippen LogP contribution >= 0.6 is 15.9 Å². The maximum Gasteiger partial charge on any atom is 0.220 e. The van der Waals surface area contributed by atoms with Crippen LogP contribution in [0.3, 0.4) is 0 Å². The van der Waals surface area contributed by atoms with E-state index < -0.39 is 0 Å². The summed E-state index contributed by atoms with van der Waals surface area (Å²) in [5.41, 5.74) is 6.25. The summed E-state index contributed by atoms with van der Waals surface area (Å²) >= 11 is 3.33. The van der Waals surface area contributed by atoms with E-state index in [-0.39, 0.29) is 0 Å². The monoisotopic (exact) mass is 227 g/mol. The highest BCUT2D eigenvalue weighted by Crippen LogP contribution is 2.00. The number of allylic oxidation sites excluding steroid dienone is 1. The maximum absolute atomic E-state index is 5.40. The summed E-state index contributed by atoms with van der Waals surface area (Å²) in [6, 6.07) is 1.82. The Balaban J connectivity index is 2.63. The highest BCUT2D eigenvalue weighted by Gasteiger charge is 1.88. The normalized spacial score (nSPS) is 10.8. The van der Waals surface area contributed by atoms with Crippen molar-refractivity contribution in [1.82, 2.24) is 9.97 Å². The molecule has 0 spiro atoms. The Morgan fingerprint density at radius 2 is 2.42 bits per heavy atom. The van der Waals surface area contributed by atoms with Crippen LogP contribution in [-0.2, 0) is 0 Å². The van der Waals surface area contributed by atoms with Crippen molar-refractivity contribution >= 4 is 28.0 Å². The second-order valence-corrected chi connectivity index (χ2v) is 3.01. The third-order valence-electron chi connectivity index (χ3n) is 1.26. The molecule has 0 radical (unpaired) electrons. The molecule has 1 heterocycles. The van der Waals surface area contributed by atoms with Crippen molar-refractivity contribution in [1.29, 1.82) is 0 Å². The maximum atomic E-state index is 5.40. The molecule has 0 fully saturated rings. The number of alkyl halides is 1. The number of nitrogen functional groups attached to an aromatic ring is 1. The van der Waals surface area contributed by atoms with Crippen molar-refractivity contribution < 1.29 is 0 Å². The lowest BCUT2D eigenvalue weighted by Gasteiger charge is -1.92. The van der Waals surface area contributed by atoms with Gasteiger partial charge in [-0.15, -0.1) is 0 Å². The Labute approximate surface area is 79.8 Å². The van der Waals surface area contributed by atoms with Crippen molar-refractivity contribution in [2.24, 2.45) is 0 Å². The van der Waals surface area contributed by atoms with Gasteiger partial charge in [-0.2, -0.15) is 0 Å². The average molecular weight is 228 g/mol. The molecule has 12 heavy (non-hydrogen) atoms. The van der Waals surface area contributed by atoms with Gasteiger partial charge in [0.1, 0.15) is 0 Å². The second-order valence-electron chi connectivity index (χ2n) is 2.22. The lowest BCUT2D eigenvalue weighted by atomic mass is 10.3. The molecule has 3 nitrogen and oxygen atoms in total. The first kappa shape index (κ1) is 9.19. The number of hydrogen-bond donors (Lipinski definition) is 1. The van der Waals surface area contributed by atoms with E-state index >= 15 is 0 Å². The van der Waals surface area contributed by atoms with Gasteiger partial charge in [-0.3, -0.25) is 0 Å². The van der Waals surface area contributed by atoms with Gasteiger partial charge >= 0.3 is 0 Å². The average Bonchev–Trinajstić information content (AvgIpc) is 2.05. The highest BCUT2D eigenvalue weighted by molar-refractivity contribution is 9.09. The van der Waals surface area contributed by atoms with Gasteiger partial charge < -0.3 is 5.73 Å². The number of hydrogen-bond acceptors (Lipinski definition) is 3. The number of aromatic nitrogens is 2. The molecule has 0 bridgehead atoms. The minimum absolute atomic E-state index is 0.316. The summed E-state index contributed by atoms with van der Waals surface area (Å²) in [7, 11) is 0. The molecular weight excluding hydrogens is 218 g/mol. The number of anilines is 1. The molecule has 0 aliphatic heterocycles. The van der Waals surface area contributed by atoms with Crippen molar-refractivity contribution in [3.05, 3.63) is 24.0 Å². The van der Waals surface area contributed by atoms with Crippen molar-refractivity contribution in [2.45, 2.75) is 6.42 Å². The Hall–Kier alpha value is -0.900. The molecule has 0 aliphatic carbocycles. The predicted octanol–water partition coefficient (Wildman–Crippen LogP) is 1.86. The summed E-state index contributed by atoms with van der Waals surface area (Å²) in [4.78, 5) is 7.80. The molecule has 0 amide bonds. The lowest BCUT2D eigenvalue weighted by Crippen LogP contribution is -1.94. The molecule has 0 atom stereocenters. The topological polar surface area (TPSA) is 51.8 Å². The standard InChI is InChI=1S/C8H10BrN3/c9-5-2-1-3-7-4-6-11-8(10)12-7/h1,3-4,6H,2,5H2,(H2,10,11,12). The van der Waals surface area contributed by atoms with Gasteiger partial charge in [-0.05, 0) is 18.6 Å². The summed E-state index contributed by atoms with van der Waals surface area (Å²) < 4.78 is 0. The van der Waals surface area contributed by atoms with E-state index in [0.29, 0.717) is 5.95 Å². The molecule has 4 heteroatoms. The third kappa shape index (κ3) is 3.00. The number of nitrogens with two attached hydrogens (primary N) is 1. The number of rotatable bonds is 3. The molecule has 1 aromatic heterocycles. The zero-order valence-electron chi connectivity index (χ0n) is 6.57. The van der Waals surface area contributed by atoms with Crippen LogP contribution < -0.4 is 5.73 Å². The second kappa shape index (κ2) is 4.87. The molecule has 1 rings (SSSR count). The molecule has 0 saturated carbocycles. The van der Waals surface area contributed by atoms with Crippen molar-refractivity contribution in [2.75, 3.05) is 11.1 Å². The fraction of sp³-hybridized carbons (Fsp3) is 0.250. The van der Waals surface area contributed by atoms with E-state index in [4.69, 9.17) is 5.73 Å². The highest BCUT2D eigenvalue weighted by atomic mass is 79.9. The first-order chi connectivity index (χ1) is 5.83. The van der Waals surface area contributed by atoms with E-state index in [2.05, 4.69) is 25.9 Å². The largest absolute Gasteiger partial charge is 0.368 e. The Morgan fingerprint density at radius 3 is 3.08 bits per heavy atom. The van der Waals surface area contributed by atoms with Gasteiger partial charge in [-0.1, -0.05) is 22.0 Å². The van der Waals surface area contributed by atoms with E-state index in [0.717, 1.165) is 17.4 Å². The lowest BCUT2D eigenvalue weighted by molar-refractivity contribution is 1.16. The first-order valence-corrected chi connectivity index (χ1v) is 4.76. The van der Waals surface area contributed by atoms with Crippen LogP contribution in [0.15, 0.2) is 18.3 Å². The van der Waals surface area contributed by atoms with E-state index in [1.54, 1.807) is 6.20 Å². The Kier molecular flexibility index (Phi) is 3.73. The summed E-state index contributed by atoms with van der Waals surface area (Å²) in [5, 5.41) is 0.962.